The van der Waals surface area contributed by atoms with Gasteiger partial charge in [0.15, 0.2) is 5.82 Å². The van der Waals surface area contributed by atoms with E-state index in [0.29, 0.717) is 5.82 Å². The van der Waals surface area contributed by atoms with E-state index in [2.05, 4.69) is 250 Å². The Hall–Kier alpha value is -9.32. The molecule has 69 heavy (non-hydrogen) atoms. The van der Waals surface area contributed by atoms with E-state index in [-0.39, 0.29) is 0 Å². The third-order valence-electron chi connectivity index (χ3n) is 13.9. The van der Waals surface area contributed by atoms with E-state index in [9.17, 15) is 0 Å². The summed E-state index contributed by atoms with van der Waals surface area (Å²) in [5.74, 6) is 0.662. The number of benzene rings is 10. The summed E-state index contributed by atoms with van der Waals surface area (Å²) < 4.78 is 7.30. The lowest BCUT2D eigenvalue weighted by molar-refractivity contribution is 1.15. The number of para-hydroxylation sites is 6. The smallest absolute Gasteiger partial charge is 0.160 e. The monoisotopic (exact) mass is 879 g/mol. The van der Waals surface area contributed by atoms with Crippen molar-refractivity contribution in [3.05, 3.63) is 249 Å². The first kappa shape index (κ1) is 38.9. The van der Waals surface area contributed by atoms with Crippen LogP contribution in [0.1, 0.15) is 0 Å². The minimum atomic E-state index is 0.662. The number of hydrogen-bond acceptors (Lipinski definition) is 2. The van der Waals surface area contributed by atoms with E-state index in [1.54, 1.807) is 0 Å². The van der Waals surface area contributed by atoms with Gasteiger partial charge in [-0.25, -0.2) is 9.97 Å². The second-order valence-electron chi connectivity index (χ2n) is 17.7. The highest BCUT2D eigenvalue weighted by molar-refractivity contribution is 6.13. The highest BCUT2D eigenvalue weighted by Crippen LogP contribution is 2.43. The Kier molecular flexibility index (Phi) is 8.83. The zero-order valence-electron chi connectivity index (χ0n) is 37.4. The van der Waals surface area contributed by atoms with Gasteiger partial charge in [-0.3, -0.25) is 0 Å². The third kappa shape index (κ3) is 6.18. The fraction of sp³-hybridized carbons (Fsp3) is 0. The van der Waals surface area contributed by atoms with Crippen LogP contribution in [0.25, 0.3) is 128 Å². The minimum absolute atomic E-state index is 0.662. The molecule has 4 aromatic heterocycles. The number of fused-ring (bicyclic) bond motifs is 9. The number of aromatic nitrogens is 5. The molecule has 0 unspecified atom stereocenters. The Balaban J connectivity index is 1.05. The van der Waals surface area contributed by atoms with Crippen molar-refractivity contribution in [1.29, 1.82) is 0 Å². The van der Waals surface area contributed by atoms with Gasteiger partial charge in [-0.2, -0.15) is 0 Å². The van der Waals surface area contributed by atoms with Crippen molar-refractivity contribution in [2.75, 3.05) is 0 Å². The van der Waals surface area contributed by atoms with Gasteiger partial charge in [-0.05, 0) is 78.9 Å². The first-order valence-corrected chi connectivity index (χ1v) is 23.5. The largest absolute Gasteiger partial charge is 0.309 e. The molecule has 14 aromatic rings. The summed E-state index contributed by atoms with van der Waals surface area (Å²) in [7, 11) is 0. The van der Waals surface area contributed by atoms with Crippen LogP contribution in [-0.4, -0.2) is 23.7 Å². The average Bonchev–Trinajstić information content (AvgIpc) is 4.07. The highest BCUT2D eigenvalue weighted by Gasteiger charge is 2.23. The molecule has 0 atom stereocenters. The van der Waals surface area contributed by atoms with Crippen molar-refractivity contribution < 1.29 is 0 Å². The van der Waals surface area contributed by atoms with Gasteiger partial charge in [0, 0.05) is 65.8 Å². The van der Waals surface area contributed by atoms with E-state index in [1.165, 1.54) is 43.4 Å². The van der Waals surface area contributed by atoms with Crippen molar-refractivity contribution in [3.63, 3.8) is 0 Å². The molecule has 5 nitrogen and oxygen atoms in total. The first-order valence-electron chi connectivity index (χ1n) is 23.5. The molecule has 0 bridgehead atoms. The fourth-order valence-corrected chi connectivity index (χ4v) is 10.8. The molecule has 0 spiro atoms. The molecular weight excluding hydrogens is 839 g/mol. The summed E-state index contributed by atoms with van der Waals surface area (Å²) in [4.78, 5) is 10.7. The predicted molar refractivity (Wildman–Crippen MR) is 287 cm³/mol. The van der Waals surface area contributed by atoms with Gasteiger partial charge in [0.25, 0.3) is 0 Å². The summed E-state index contributed by atoms with van der Waals surface area (Å²) in [6.45, 7) is 0. The lowest BCUT2D eigenvalue weighted by Gasteiger charge is -2.20. The highest BCUT2D eigenvalue weighted by atomic mass is 15.0. The van der Waals surface area contributed by atoms with E-state index in [4.69, 9.17) is 9.97 Å². The summed E-state index contributed by atoms with van der Waals surface area (Å²) in [5.41, 5.74) is 17.1. The van der Waals surface area contributed by atoms with Gasteiger partial charge in [-0.15, -0.1) is 0 Å². The van der Waals surface area contributed by atoms with Gasteiger partial charge in [-0.1, -0.05) is 170 Å². The Morgan fingerprint density at radius 3 is 1.17 bits per heavy atom. The third-order valence-corrected chi connectivity index (χ3v) is 13.9. The van der Waals surface area contributed by atoms with E-state index < -0.39 is 0 Å². The molecule has 0 aliphatic rings. The molecule has 0 aliphatic carbocycles. The Morgan fingerprint density at radius 1 is 0.246 bits per heavy atom. The normalized spacial score (nSPS) is 11.8. The minimum Gasteiger partial charge on any atom is -0.309 e. The fourth-order valence-electron chi connectivity index (χ4n) is 10.8. The summed E-state index contributed by atoms with van der Waals surface area (Å²) in [6.07, 6.45) is 0. The number of rotatable bonds is 7. The van der Waals surface area contributed by atoms with Gasteiger partial charge < -0.3 is 13.7 Å². The van der Waals surface area contributed by atoms with Gasteiger partial charge in [0.1, 0.15) is 0 Å². The second kappa shape index (κ2) is 15.7. The maximum Gasteiger partial charge on any atom is 0.160 e. The molecule has 0 saturated carbocycles. The van der Waals surface area contributed by atoms with Crippen LogP contribution in [0, 0.1) is 0 Å². The Labute approximate surface area is 398 Å². The zero-order chi connectivity index (χ0) is 45.4. The standard InChI is InChI=1S/C64H41N5/c1-3-19-42(20-4-1)54-41-55(43-21-5-2-6-22-43)66-64(65-54)44-35-37-62(52(39-44)50-27-11-17-33-60(50)68-58-31-15-9-25-48(58)49-26-10-16-32-59(49)68)69-61-34-18-12-28-51(61)53-40-45(36-38-63(53)69)67-56-29-13-7-23-46(56)47-24-8-14-30-57(47)67/h1-41H. The predicted octanol–water partition coefficient (Wildman–Crippen LogP) is 16.4. The Bertz CT molecular complexity index is 4140. The van der Waals surface area contributed by atoms with Crippen molar-refractivity contribution in [2.24, 2.45) is 0 Å². The molecule has 10 aromatic carbocycles. The molecule has 0 saturated heterocycles. The van der Waals surface area contributed by atoms with Crippen LogP contribution in [0.2, 0.25) is 0 Å². The topological polar surface area (TPSA) is 40.6 Å². The average molecular weight is 880 g/mol. The van der Waals surface area contributed by atoms with E-state index >= 15 is 0 Å². The second-order valence-corrected chi connectivity index (χ2v) is 17.7. The molecular formula is C64H41N5. The molecule has 0 fully saturated rings. The van der Waals surface area contributed by atoms with Crippen molar-refractivity contribution in [2.45, 2.75) is 0 Å². The summed E-state index contributed by atoms with van der Waals surface area (Å²) >= 11 is 0. The maximum atomic E-state index is 5.33. The number of nitrogens with zero attached hydrogens (tertiary/aromatic N) is 5. The van der Waals surface area contributed by atoms with E-state index in [1.807, 2.05) is 12.1 Å². The van der Waals surface area contributed by atoms with Crippen LogP contribution in [0.3, 0.4) is 0 Å². The van der Waals surface area contributed by atoms with Crippen LogP contribution in [-0.2, 0) is 0 Å². The van der Waals surface area contributed by atoms with Crippen LogP contribution in [0.4, 0.5) is 0 Å². The van der Waals surface area contributed by atoms with Crippen LogP contribution in [0.5, 0.6) is 0 Å². The first-order chi connectivity index (χ1) is 34.2. The maximum absolute atomic E-state index is 5.33. The van der Waals surface area contributed by atoms with Gasteiger partial charge in [0.2, 0.25) is 0 Å². The van der Waals surface area contributed by atoms with E-state index in [0.717, 1.165) is 78.3 Å². The van der Waals surface area contributed by atoms with Gasteiger partial charge >= 0.3 is 0 Å². The molecule has 0 amide bonds. The molecule has 4 heterocycles. The molecule has 0 radical (unpaired) electrons. The SMILES string of the molecule is c1ccc(-c2cc(-c3ccccc3)nc(-c3ccc(-n4c5ccccc5c5cc(-n6c7ccccc7c7ccccc76)ccc54)c(-c4ccccc4-n4c5ccccc5c5ccccc54)c3)n2)cc1. The number of hydrogen-bond donors (Lipinski definition) is 0. The van der Waals surface area contributed by atoms with Crippen LogP contribution < -0.4 is 0 Å². The molecule has 0 N–H and O–H groups in total. The quantitative estimate of drug-likeness (QED) is 0.160. The summed E-state index contributed by atoms with van der Waals surface area (Å²) in [5, 5.41) is 7.30. The van der Waals surface area contributed by atoms with Crippen molar-refractivity contribution in [1.82, 2.24) is 23.7 Å². The van der Waals surface area contributed by atoms with Crippen molar-refractivity contribution >= 4 is 65.4 Å². The van der Waals surface area contributed by atoms with Gasteiger partial charge in [0.05, 0.1) is 55.9 Å². The lowest BCUT2D eigenvalue weighted by Crippen LogP contribution is -2.03. The van der Waals surface area contributed by atoms with Crippen LogP contribution >= 0.6 is 0 Å². The molecule has 322 valence electrons. The van der Waals surface area contributed by atoms with Crippen molar-refractivity contribution in [3.8, 4) is 62.1 Å². The van der Waals surface area contributed by atoms with Crippen LogP contribution in [0.15, 0.2) is 249 Å². The molecule has 14 rings (SSSR count). The zero-order valence-corrected chi connectivity index (χ0v) is 37.4. The lowest BCUT2D eigenvalue weighted by atomic mass is 9.97. The Morgan fingerprint density at radius 2 is 0.652 bits per heavy atom. The summed E-state index contributed by atoms with van der Waals surface area (Å²) in [6, 6.07) is 89.3. The molecule has 0 aliphatic heterocycles. The molecule has 5 heteroatoms.